The molecule has 1 heterocycles. The lowest BCUT2D eigenvalue weighted by Gasteiger charge is -2.39. The van der Waals surface area contributed by atoms with Gasteiger partial charge in [0.25, 0.3) is 0 Å². The summed E-state index contributed by atoms with van der Waals surface area (Å²) in [6.45, 7) is 6.02. The summed E-state index contributed by atoms with van der Waals surface area (Å²) in [5, 5.41) is 3.62. The predicted octanol–water partition coefficient (Wildman–Crippen LogP) is 3.63. The van der Waals surface area contributed by atoms with E-state index in [-0.39, 0.29) is 5.41 Å². The molecule has 5 nitrogen and oxygen atoms in total. The van der Waals surface area contributed by atoms with Crippen molar-refractivity contribution in [1.82, 2.24) is 10.2 Å². The highest BCUT2D eigenvalue weighted by molar-refractivity contribution is 5.79. The van der Waals surface area contributed by atoms with Gasteiger partial charge < -0.3 is 19.7 Å². The average molecular weight is 396 g/mol. The van der Waals surface area contributed by atoms with Crippen LogP contribution in [0.4, 0.5) is 0 Å². The number of benzene rings is 2. The molecule has 3 rings (SSSR count). The molecular formula is C24H33N3O2. The Balaban J connectivity index is 1.60. The summed E-state index contributed by atoms with van der Waals surface area (Å²) in [6.07, 6.45) is 2.03. The predicted molar refractivity (Wildman–Crippen MR) is 119 cm³/mol. The molecule has 0 aliphatic carbocycles. The molecule has 0 saturated carbocycles. The highest BCUT2D eigenvalue weighted by Gasteiger charge is 2.35. The minimum absolute atomic E-state index is 0.0703. The van der Waals surface area contributed by atoms with Crippen molar-refractivity contribution in [3.63, 3.8) is 0 Å². The van der Waals surface area contributed by atoms with Crippen LogP contribution in [-0.4, -0.2) is 57.9 Å². The first-order valence-electron chi connectivity index (χ1n) is 10.4. The van der Waals surface area contributed by atoms with Crippen molar-refractivity contribution in [1.29, 1.82) is 0 Å². The highest BCUT2D eigenvalue weighted by Crippen LogP contribution is 2.36. The quantitative estimate of drug-likeness (QED) is 0.574. The topological polar surface area (TPSA) is 46.1 Å². The van der Waals surface area contributed by atoms with E-state index < -0.39 is 0 Å². The third-order valence-corrected chi connectivity index (χ3v) is 5.76. The number of aliphatic imine (C=N–C) groups is 1. The van der Waals surface area contributed by atoms with Crippen molar-refractivity contribution in [3.05, 3.63) is 65.7 Å². The summed E-state index contributed by atoms with van der Waals surface area (Å²) < 4.78 is 11.5. The van der Waals surface area contributed by atoms with Gasteiger partial charge in [0.05, 0.1) is 6.54 Å². The standard InChI is InChI=1S/C24H33N3O2/c1-20-9-7-8-12-22(20)24(13-16-28-17-14-24)19-26-23(25-2)27(3)15-18-29-21-10-5-4-6-11-21/h4-12H,13-19H2,1-3H3,(H,25,26). The molecule has 2 aromatic carbocycles. The Morgan fingerprint density at radius 1 is 1.10 bits per heavy atom. The summed E-state index contributed by atoms with van der Waals surface area (Å²) in [6, 6.07) is 18.6. The fourth-order valence-electron chi connectivity index (χ4n) is 4.03. The van der Waals surface area contributed by atoms with Crippen molar-refractivity contribution in [3.8, 4) is 5.75 Å². The highest BCUT2D eigenvalue weighted by atomic mass is 16.5. The van der Waals surface area contributed by atoms with Crippen molar-refractivity contribution in [2.24, 2.45) is 4.99 Å². The van der Waals surface area contributed by atoms with Crippen molar-refractivity contribution < 1.29 is 9.47 Å². The minimum Gasteiger partial charge on any atom is -0.492 e. The van der Waals surface area contributed by atoms with Crippen molar-refractivity contribution in [2.45, 2.75) is 25.2 Å². The van der Waals surface area contributed by atoms with Gasteiger partial charge >= 0.3 is 0 Å². The molecule has 1 aliphatic heterocycles. The van der Waals surface area contributed by atoms with Crippen LogP contribution in [-0.2, 0) is 10.2 Å². The van der Waals surface area contributed by atoms with Gasteiger partial charge in [0, 0.05) is 39.3 Å². The fraction of sp³-hybridized carbons (Fsp3) is 0.458. The number of guanidine groups is 1. The van der Waals surface area contributed by atoms with Gasteiger partial charge in [-0.15, -0.1) is 0 Å². The van der Waals surface area contributed by atoms with Gasteiger partial charge in [-0.1, -0.05) is 42.5 Å². The molecule has 0 bridgehead atoms. The van der Waals surface area contributed by atoms with E-state index in [4.69, 9.17) is 9.47 Å². The Hall–Kier alpha value is -2.53. The summed E-state index contributed by atoms with van der Waals surface area (Å²) in [5.74, 6) is 1.78. The van der Waals surface area contributed by atoms with Crippen LogP contribution >= 0.6 is 0 Å². The maximum Gasteiger partial charge on any atom is 0.193 e. The summed E-state index contributed by atoms with van der Waals surface area (Å²) in [7, 11) is 3.88. The van der Waals surface area contributed by atoms with Gasteiger partial charge in [-0.2, -0.15) is 0 Å². The SMILES string of the molecule is CN=C(NCC1(c2ccccc2C)CCOCC1)N(C)CCOc1ccccc1. The second-order valence-corrected chi connectivity index (χ2v) is 7.69. The van der Waals surface area contributed by atoms with Crippen LogP contribution in [0.5, 0.6) is 5.75 Å². The molecule has 1 fully saturated rings. The molecule has 0 spiro atoms. The van der Waals surface area contributed by atoms with Gasteiger partial charge in [-0.3, -0.25) is 4.99 Å². The number of nitrogens with zero attached hydrogens (tertiary/aromatic N) is 2. The zero-order valence-corrected chi connectivity index (χ0v) is 17.9. The maximum absolute atomic E-state index is 5.83. The average Bonchev–Trinajstić information content (AvgIpc) is 2.76. The van der Waals surface area contributed by atoms with Crippen molar-refractivity contribution in [2.75, 3.05) is 47.0 Å². The third-order valence-electron chi connectivity index (χ3n) is 5.76. The van der Waals surface area contributed by atoms with E-state index in [1.807, 2.05) is 44.4 Å². The number of hydrogen-bond acceptors (Lipinski definition) is 3. The minimum atomic E-state index is 0.0703. The number of para-hydroxylation sites is 1. The summed E-state index contributed by atoms with van der Waals surface area (Å²) >= 11 is 0. The molecule has 0 atom stereocenters. The summed E-state index contributed by atoms with van der Waals surface area (Å²) in [5.41, 5.74) is 2.83. The van der Waals surface area contributed by atoms with Gasteiger partial charge in [0.1, 0.15) is 12.4 Å². The molecule has 156 valence electrons. The third kappa shape index (κ3) is 5.51. The van der Waals surface area contributed by atoms with E-state index in [0.717, 1.165) is 50.9 Å². The number of ether oxygens (including phenoxy) is 2. The molecule has 1 N–H and O–H groups in total. The first kappa shape index (κ1) is 21.2. The maximum atomic E-state index is 5.83. The van der Waals surface area contributed by atoms with E-state index in [9.17, 15) is 0 Å². The number of likely N-dealkylation sites (N-methyl/N-ethyl adjacent to an activating group) is 1. The number of rotatable bonds is 7. The van der Waals surface area contributed by atoms with Crippen LogP contribution in [0.25, 0.3) is 0 Å². The Labute approximate surface area is 174 Å². The monoisotopic (exact) mass is 395 g/mol. The van der Waals surface area contributed by atoms with E-state index >= 15 is 0 Å². The van der Waals surface area contributed by atoms with Crippen LogP contribution < -0.4 is 10.1 Å². The first-order chi connectivity index (χ1) is 14.1. The van der Waals surface area contributed by atoms with Crippen molar-refractivity contribution >= 4 is 5.96 Å². The second-order valence-electron chi connectivity index (χ2n) is 7.69. The Morgan fingerprint density at radius 2 is 1.79 bits per heavy atom. The molecule has 1 saturated heterocycles. The van der Waals surface area contributed by atoms with Gasteiger partial charge in [-0.05, 0) is 43.0 Å². The lowest BCUT2D eigenvalue weighted by atomic mass is 9.72. The Kier molecular flexibility index (Phi) is 7.53. The molecule has 0 aromatic heterocycles. The molecule has 0 unspecified atom stereocenters. The van der Waals surface area contributed by atoms with E-state index in [1.165, 1.54) is 11.1 Å². The first-order valence-corrected chi connectivity index (χ1v) is 10.4. The van der Waals surface area contributed by atoms with Gasteiger partial charge in [0.15, 0.2) is 5.96 Å². The number of hydrogen-bond donors (Lipinski definition) is 1. The fourth-order valence-corrected chi connectivity index (χ4v) is 4.03. The second kappa shape index (κ2) is 10.3. The van der Waals surface area contributed by atoms with Crippen LogP contribution in [0.15, 0.2) is 59.6 Å². The van der Waals surface area contributed by atoms with E-state index in [2.05, 4.69) is 46.4 Å². The van der Waals surface area contributed by atoms with Crippen LogP contribution in [0.2, 0.25) is 0 Å². The molecule has 1 aliphatic rings. The Morgan fingerprint density at radius 3 is 2.48 bits per heavy atom. The van der Waals surface area contributed by atoms with Crippen LogP contribution in [0.1, 0.15) is 24.0 Å². The lowest BCUT2D eigenvalue weighted by molar-refractivity contribution is 0.0510. The molecule has 29 heavy (non-hydrogen) atoms. The molecule has 0 amide bonds. The normalized spacial score (nSPS) is 16.3. The number of aryl methyl sites for hydroxylation is 1. The Bertz CT molecular complexity index is 786. The summed E-state index contributed by atoms with van der Waals surface area (Å²) in [4.78, 5) is 6.61. The molecule has 0 radical (unpaired) electrons. The smallest absolute Gasteiger partial charge is 0.193 e. The molecule has 5 heteroatoms. The lowest BCUT2D eigenvalue weighted by Crippen LogP contribution is -2.49. The van der Waals surface area contributed by atoms with Gasteiger partial charge in [0.2, 0.25) is 0 Å². The largest absolute Gasteiger partial charge is 0.492 e. The molecule has 2 aromatic rings. The van der Waals surface area contributed by atoms with E-state index in [0.29, 0.717) is 6.61 Å². The van der Waals surface area contributed by atoms with Gasteiger partial charge in [-0.25, -0.2) is 0 Å². The van der Waals surface area contributed by atoms with Crippen LogP contribution in [0.3, 0.4) is 0 Å². The zero-order valence-electron chi connectivity index (χ0n) is 17.9. The zero-order chi connectivity index (χ0) is 20.5. The van der Waals surface area contributed by atoms with Crippen LogP contribution in [0, 0.1) is 6.92 Å². The molecular weight excluding hydrogens is 362 g/mol. The van der Waals surface area contributed by atoms with E-state index in [1.54, 1.807) is 0 Å². The number of nitrogens with one attached hydrogen (secondary N) is 1.